The Bertz CT molecular complexity index is 507. The van der Waals surface area contributed by atoms with E-state index in [0.717, 1.165) is 36.0 Å². The minimum Gasteiger partial charge on any atom is -0.487 e. The number of rotatable bonds is 8. The minimum absolute atomic E-state index is 0.537. The van der Waals surface area contributed by atoms with Gasteiger partial charge in [-0.05, 0) is 30.7 Å². The second-order valence-corrected chi connectivity index (χ2v) is 5.64. The van der Waals surface area contributed by atoms with Gasteiger partial charge in [-0.25, -0.2) is 4.98 Å². The molecule has 0 spiro atoms. The Hall–Kier alpha value is -1.39. The molecule has 2 aromatic rings. The van der Waals surface area contributed by atoms with Crippen molar-refractivity contribution in [3.8, 4) is 5.75 Å². The lowest BCUT2D eigenvalue weighted by molar-refractivity contribution is 0.302. The van der Waals surface area contributed by atoms with Crippen molar-refractivity contribution in [1.29, 1.82) is 0 Å². The van der Waals surface area contributed by atoms with Gasteiger partial charge in [0.05, 0.1) is 5.69 Å². The molecule has 0 bridgehead atoms. The number of ether oxygens (including phenoxy) is 1. The Labute approximate surface area is 125 Å². The fraction of sp³-hybridized carbons (Fsp3) is 0.438. The first-order valence-corrected chi connectivity index (χ1v) is 8.05. The zero-order valence-corrected chi connectivity index (χ0v) is 13.0. The summed E-state index contributed by atoms with van der Waals surface area (Å²) < 4.78 is 5.77. The van der Waals surface area contributed by atoms with Crippen LogP contribution in [-0.2, 0) is 19.6 Å². The van der Waals surface area contributed by atoms with Crippen LogP contribution >= 0.6 is 11.3 Å². The summed E-state index contributed by atoms with van der Waals surface area (Å²) in [6.07, 6.45) is 2.30. The Morgan fingerprint density at radius 1 is 1.20 bits per heavy atom. The van der Waals surface area contributed by atoms with Gasteiger partial charge in [0, 0.05) is 11.9 Å². The fourth-order valence-electron chi connectivity index (χ4n) is 1.93. The van der Waals surface area contributed by atoms with Gasteiger partial charge in [0.25, 0.3) is 0 Å². The molecule has 20 heavy (non-hydrogen) atoms. The van der Waals surface area contributed by atoms with Gasteiger partial charge in [-0.1, -0.05) is 32.4 Å². The highest BCUT2D eigenvalue weighted by Gasteiger charge is 2.02. The standard InChI is InChI=1S/C16H22N2OS/c1-3-5-13-6-8-15(9-7-13)19-11-14-12-20-16(18-14)10-17-4-2/h6-9,12,17H,3-5,10-11H2,1-2H3. The highest BCUT2D eigenvalue weighted by atomic mass is 32.1. The van der Waals surface area contributed by atoms with Crippen LogP contribution in [0.1, 0.15) is 36.5 Å². The molecule has 1 N–H and O–H groups in total. The van der Waals surface area contributed by atoms with Crippen molar-refractivity contribution in [2.24, 2.45) is 0 Å². The molecule has 0 amide bonds. The molecule has 0 aliphatic rings. The van der Waals surface area contributed by atoms with Crippen LogP contribution in [0.5, 0.6) is 5.75 Å². The van der Waals surface area contributed by atoms with Crippen LogP contribution in [0.15, 0.2) is 29.6 Å². The van der Waals surface area contributed by atoms with Gasteiger partial charge >= 0.3 is 0 Å². The predicted octanol–water partition coefficient (Wildman–Crippen LogP) is 3.78. The summed E-state index contributed by atoms with van der Waals surface area (Å²) >= 11 is 1.68. The summed E-state index contributed by atoms with van der Waals surface area (Å²) in [6, 6.07) is 8.35. The Morgan fingerprint density at radius 2 is 2.00 bits per heavy atom. The molecule has 108 valence electrons. The van der Waals surface area contributed by atoms with E-state index in [1.54, 1.807) is 11.3 Å². The van der Waals surface area contributed by atoms with Gasteiger partial charge in [-0.2, -0.15) is 0 Å². The number of aryl methyl sites for hydroxylation is 1. The van der Waals surface area contributed by atoms with Crippen molar-refractivity contribution in [3.05, 3.63) is 45.9 Å². The highest BCUT2D eigenvalue weighted by Crippen LogP contribution is 2.16. The summed E-state index contributed by atoms with van der Waals surface area (Å²) in [5, 5.41) is 6.46. The first kappa shape index (κ1) is 15.0. The zero-order chi connectivity index (χ0) is 14.2. The van der Waals surface area contributed by atoms with E-state index in [9.17, 15) is 0 Å². The number of hydrogen-bond acceptors (Lipinski definition) is 4. The largest absolute Gasteiger partial charge is 0.487 e. The maximum absolute atomic E-state index is 5.77. The second-order valence-electron chi connectivity index (χ2n) is 4.70. The van der Waals surface area contributed by atoms with Crippen molar-refractivity contribution in [2.75, 3.05) is 6.54 Å². The smallest absolute Gasteiger partial charge is 0.131 e. The summed E-state index contributed by atoms with van der Waals surface area (Å²) in [4.78, 5) is 4.54. The summed E-state index contributed by atoms with van der Waals surface area (Å²) in [7, 11) is 0. The molecule has 0 atom stereocenters. The number of nitrogens with one attached hydrogen (secondary N) is 1. The molecule has 4 heteroatoms. The molecule has 1 aromatic heterocycles. The average Bonchev–Trinajstić information content (AvgIpc) is 2.93. The van der Waals surface area contributed by atoms with Crippen molar-refractivity contribution >= 4 is 11.3 Å². The predicted molar refractivity (Wildman–Crippen MR) is 84.3 cm³/mol. The topological polar surface area (TPSA) is 34.1 Å². The van der Waals surface area contributed by atoms with Gasteiger partial charge in [0.15, 0.2) is 0 Å². The number of benzene rings is 1. The Kier molecular flexibility index (Phi) is 6.02. The van der Waals surface area contributed by atoms with Gasteiger partial charge in [-0.15, -0.1) is 11.3 Å². The van der Waals surface area contributed by atoms with Crippen molar-refractivity contribution in [3.63, 3.8) is 0 Å². The summed E-state index contributed by atoms with van der Waals surface area (Å²) in [6.45, 7) is 6.63. The third-order valence-electron chi connectivity index (χ3n) is 2.97. The molecular formula is C16H22N2OS. The normalized spacial score (nSPS) is 10.7. The van der Waals surface area contributed by atoms with Crippen LogP contribution in [0, 0.1) is 0 Å². The van der Waals surface area contributed by atoms with Crippen LogP contribution in [0.4, 0.5) is 0 Å². The quantitative estimate of drug-likeness (QED) is 0.803. The number of aromatic nitrogens is 1. The van der Waals surface area contributed by atoms with Crippen LogP contribution in [-0.4, -0.2) is 11.5 Å². The van der Waals surface area contributed by atoms with Crippen LogP contribution in [0.2, 0.25) is 0 Å². The van der Waals surface area contributed by atoms with E-state index in [-0.39, 0.29) is 0 Å². The second kappa shape index (κ2) is 8.02. The molecule has 0 unspecified atom stereocenters. The first-order valence-electron chi connectivity index (χ1n) is 7.17. The number of thiazole rings is 1. The summed E-state index contributed by atoms with van der Waals surface area (Å²) in [5.41, 5.74) is 2.36. The average molecular weight is 290 g/mol. The monoisotopic (exact) mass is 290 g/mol. The third kappa shape index (κ3) is 4.62. The molecule has 0 saturated carbocycles. The van der Waals surface area contributed by atoms with Gasteiger partial charge in [0.1, 0.15) is 17.4 Å². The molecule has 0 radical (unpaired) electrons. The molecule has 1 heterocycles. The lowest BCUT2D eigenvalue weighted by Gasteiger charge is -2.05. The van der Waals surface area contributed by atoms with Gasteiger partial charge < -0.3 is 10.1 Å². The molecule has 0 fully saturated rings. The maximum atomic E-state index is 5.77. The van der Waals surface area contributed by atoms with E-state index in [4.69, 9.17) is 4.74 Å². The van der Waals surface area contributed by atoms with E-state index >= 15 is 0 Å². The van der Waals surface area contributed by atoms with Crippen molar-refractivity contribution in [2.45, 2.75) is 39.8 Å². The van der Waals surface area contributed by atoms with Crippen LogP contribution in [0.25, 0.3) is 0 Å². The molecule has 2 rings (SSSR count). The zero-order valence-electron chi connectivity index (χ0n) is 12.2. The minimum atomic E-state index is 0.537. The number of nitrogens with zero attached hydrogens (tertiary/aromatic N) is 1. The van der Waals surface area contributed by atoms with E-state index in [1.165, 1.54) is 12.0 Å². The van der Waals surface area contributed by atoms with Gasteiger partial charge in [0.2, 0.25) is 0 Å². The van der Waals surface area contributed by atoms with E-state index < -0.39 is 0 Å². The number of hydrogen-bond donors (Lipinski definition) is 1. The highest BCUT2D eigenvalue weighted by molar-refractivity contribution is 7.09. The van der Waals surface area contributed by atoms with Crippen LogP contribution < -0.4 is 10.1 Å². The lowest BCUT2D eigenvalue weighted by Crippen LogP contribution is -2.11. The van der Waals surface area contributed by atoms with E-state index in [1.807, 2.05) is 12.1 Å². The molecule has 0 saturated heterocycles. The SMILES string of the molecule is CCCc1ccc(OCc2csc(CNCC)n2)cc1. The summed E-state index contributed by atoms with van der Waals surface area (Å²) in [5.74, 6) is 0.908. The van der Waals surface area contributed by atoms with Crippen molar-refractivity contribution < 1.29 is 4.74 Å². The molecule has 3 nitrogen and oxygen atoms in total. The Morgan fingerprint density at radius 3 is 2.70 bits per heavy atom. The van der Waals surface area contributed by atoms with E-state index in [0.29, 0.717) is 6.61 Å². The van der Waals surface area contributed by atoms with E-state index in [2.05, 4.69) is 41.7 Å². The maximum Gasteiger partial charge on any atom is 0.131 e. The molecule has 0 aliphatic carbocycles. The molecule has 0 aliphatic heterocycles. The fourth-order valence-corrected chi connectivity index (χ4v) is 2.67. The van der Waals surface area contributed by atoms with Crippen molar-refractivity contribution in [1.82, 2.24) is 10.3 Å². The van der Waals surface area contributed by atoms with Crippen LogP contribution in [0.3, 0.4) is 0 Å². The Balaban J connectivity index is 1.83. The molecular weight excluding hydrogens is 268 g/mol. The third-order valence-corrected chi connectivity index (χ3v) is 3.87. The molecule has 1 aromatic carbocycles. The lowest BCUT2D eigenvalue weighted by atomic mass is 10.1. The first-order chi connectivity index (χ1) is 9.81. The van der Waals surface area contributed by atoms with Gasteiger partial charge in [-0.3, -0.25) is 0 Å².